The molecule has 0 aromatic rings. The van der Waals surface area contributed by atoms with Crippen LogP contribution >= 0.6 is 0 Å². The smallest absolute Gasteiger partial charge is 0.326 e. The van der Waals surface area contributed by atoms with Crippen molar-refractivity contribution in [1.29, 1.82) is 0 Å². The molecule has 2 aliphatic heterocycles. The molecule has 0 bridgehead atoms. The normalized spacial score (nSPS) is 27.8. The van der Waals surface area contributed by atoms with Crippen molar-refractivity contribution in [2.75, 3.05) is 6.54 Å². The van der Waals surface area contributed by atoms with Crippen LogP contribution in [-0.2, 0) is 19.2 Å². The number of nitrogens with two attached hydrogens (primary N) is 1. The summed E-state index contributed by atoms with van der Waals surface area (Å²) in [5.74, 6) is -3.22. The number of carbonyl (C=O) groups is 4. The zero-order valence-corrected chi connectivity index (χ0v) is 14.1. The number of carboxylic acids is 2. The number of carbonyl (C=O) groups excluding carboxylic acids is 2. The van der Waals surface area contributed by atoms with E-state index in [1.165, 1.54) is 4.90 Å². The Morgan fingerprint density at radius 3 is 2.56 bits per heavy atom. The van der Waals surface area contributed by atoms with Crippen molar-refractivity contribution >= 4 is 23.8 Å². The first-order valence-electron chi connectivity index (χ1n) is 8.60. The summed E-state index contributed by atoms with van der Waals surface area (Å²) in [5, 5.41) is 20.4. The quantitative estimate of drug-likeness (QED) is 0.510. The van der Waals surface area contributed by atoms with E-state index in [0.29, 0.717) is 32.2 Å². The van der Waals surface area contributed by atoms with Gasteiger partial charge < -0.3 is 26.2 Å². The molecule has 2 rings (SSSR count). The van der Waals surface area contributed by atoms with E-state index in [4.69, 9.17) is 10.8 Å². The van der Waals surface area contributed by atoms with Crippen molar-refractivity contribution in [2.24, 2.45) is 5.73 Å². The fraction of sp³-hybridized carbons (Fsp3) is 0.750. The zero-order valence-electron chi connectivity index (χ0n) is 14.1. The Kier molecular flexibility index (Phi) is 5.99. The van der Waals surface area contributed by atoms with Crippen LogP contribution in [-0.4, -0.2) is 63.0 Å². The summed E-state index contributed by atoms with van der Waals surface area (Å²) in [4.78, 5) is 49.0. The number of aliphatic carboxylic acids is 2. The highest BCUT2D eigenvalue weighted by Crippen LogP contribution is 2.37. The third kappa shape index (κ3) is 4.09. The Morgan fingerprint density at radius 1 is 1.24 bits per heavy atom. The maximum absolute atomic E-state index is 12.9. The largest absolute Gasteiger partial charge is 0.481 e. The highest BCUT2D eigenvalue weighted by molar-refractivity contribution is 5.95. The predicted molar refractivity (Wildman–Crippen MR) is 86.6 cm³/mol. The molecule has 0 aliphatic carbocycles. The Morgan fingerprint density at radius 2 is 1.92 bits per heavy atom. The van der Waals surface area contributed by atoms with Gasteiger partial charge in [0.25, 0.3) is 0 Å². The molecule has 0 aromatic heterocycles. The molecular formula is C16H25N3O6. The van der Waals surface area contributed by atoms with Crippen molar-refractivity contribution in [2.45, 2.75) is 69.0 Å². The highest BCUT2D eigenvalue weighted by Gasteiger charge is 2.51. The van der Waals surface area contributed by atoms with Crippen molar-refractivity contribution in [3.8, 4) is 0 Å². The predicted octanol–water partition coefficient (Wildman–Crippen LogP) is -0.317. The average molecular weight is 355 g/mol. The van der Waals surface area contributed by atoms with Gasteiger partial charge in [0.2, 0.25) is 11.8 Å². The molecule has 2 fully saturated rings. The second kappa shape index (κ2) is 7.81. The van der Waals surface area contributed by atoms with E-state index in [1.807, 2.05) is 0 Å². The molecule has 5 N–H and O–H groups in total. The zero-order chi connectivity index (χ0) is 18.6. The van der Waals surface area contributed by atoms with E-state index in [9.17, 15) is 24.3 Å². The van der Waals surface area contributed by atoms with Crippen molar-refractivity contribution < 1.29 is 29.4 Å². The molecule has 0 spiro atoms. The van der Waals surface area contributed by atoms with Crippen LogP contribution in [0.2, 0.25) is 0 Å². The summed E-state index contributed by atoms with van der Waals surface area (Å²) in [7, 11) is 0. The molecule has 140 valence electrons. The second-order valence-electron chi connectivity index (χ2n) is 6.77. The minimum atomic E-state index is -1.30. The Bertz CT molecular complexity index is 566. The number of hydrogen-bond donors (Lipinski definition) is 4. The number of nitrogens with zero attached hydrogens (tertiary/aromatic N) is 1. The molecule has 2 amide bonds. The summed E-state index contributed by atoms with van der Waals surface area (Å²) in [5.41, 5.74) is 4.83. The molecule has 0 saturated carbocycles. The van der Waals surface area contributed by atoms with Gasteiger partial charge in [-0.25, -0.2) is 4.79 Å². The molecule has 9 nitrogen and oxygen atoms in total. The van der Waals surface area contributed by atoms with Crippen LogP contribution in [0, 0.1) is 0 Å². The molecule has 2 saturated heterocycles. The van der Waals surface area contributed by atoms with Gasteiger partial charge in [-0.15, -0.1) is 0 Å². The molecule has 9 heteroatoms. The summed E-state index contributed by atoms with van der Waals surface area (Å²) < 4.78 is 0. The average Bonchev–Trinajstić information content (AvgIpc) is 2.97. The SMILES string of the molecule is N[C@H]1CCCC[C@@]2(C(=O)N[C@H](CCC(=O)O)C(=O)O)CCCN2C1=O. The highest BCUT2D eigenvalue weighted by atomic mass is 16.4. The van der Waals surface area contributed by atoms with Crippen LogP contribution in [0.25, 0.3) is 0 Å². The molecule has 3 atom stereocenters. The first-order valence-corrected chi connectivity index (χ1v) is 8.60. The number of rotatable bonds is 6. The summed E-state index contributed by atoms with van der Waals surface area (Å²) >= 11 is 0. The van der Waals surface area contributed by atoms with E-state index in [-0.39, 0.29) is 18.7 Å². The van der Waals surface area contributed by atoms with E-state index in [0.717, 1.165) is 12.8 Å². The van der Waals surface area contributed by atoms with E-state index >= 15 is 0 Å². The lowest BCUT2D eigenvalue weighted by atomic mass is 9.85. The van der Waals surface area contributed by atoms with Gasteiger partial charge in [0.1, 0.15) is 11.6 Å². The van der Waals surface area contributed by atoms with Gasteiger partial charge in [-0.1, -0.05) is 12.8 Å². The van der Waals surface area contributed by atoms with E-state index in [2.05, 4.69) is 5.32 Å². The molecular weight excluding hydrogens is 330 g/mol. The molecule has 0 unspecified atom stereocenters. The van der Waals surface area contributed by atoms with Crippen molar-refractivity contribution in [3.05, 3.63) is 0 Å². The van der Waals surface area contributed by atoms with Gasteiger partial charge >= 0.3 is 11.9 Å². The lowest BCUT2D eigenvalue weighted by molar-refractivity contribution is -0.150. The Hall–Kier alpha value is -2.16. The Balaban J connectivity index is 2.19. The van der Waals surface area contributed by atoms with Gasteiger partial charge in [0, 0.05) is 13.0 Å². The topological polar surface area (TPSA) is 150 Å². The van der Waals surface area contributed by atoms with Crippen LogP contribution in [0.1, 0.15) is 51.4 Å². The number of amides is 2. The molecule has 2 aliphatic rings. The van der Waals surface area contributed by atoms with Gasteiger partial charge in [-0.05, 0) is 32.1 Å². The lowest BCUT2D eigenvalue weighted by Gasteiger charge is -2.40. The first kappa shape index (κ1) is 19.2. The van der Waals surface area contributed by atoms with Crippen LogP contribution < -0.4 is 11.1 Å². The number of hydrogen-bond acceptors (Lipinski definition) is 5. The molecule has 0 aromatic carbocycles. The third-order valence-corrected chi connectivity index (χ3v) is 5.10. The van der Waals surface area contributed by atoms with Crippen LogP contribution in [0.15, 0.2) is 0 Å². The molecule has 2 heterocycles. The number of nitrogens with one attached hydrogen (secondary N) is 1. The molecule has 0 radical (unpaired) electrons. The maximum atomic E-state index is 12.9. The fourth-order valence-electron chi connectivity index (χ4n) is 3.73. The van der Waals surface area contributed by atoms with E-state index < -0.39 is 35.5 Å². The summed E-state index contributed by atoms with van der Waals surface area (Å²) in [6, 6.07) is -1.94. The Labute approximate surface area is 145 Å². The monoisotopic (exact) mass is 355 g/mol. The molecule has 25 heavy (non-hydrogen) atoms. The fourth-order valence-corrected chi connectivity index (χ4v) is 3.73. The van der Waals surface area contributed by atoms with Gasteiger partial charge in [-0.2, -0.15) is 0 Å². The second-order valence-corrected chi connectivity index (χ2v) is 6.77. The minimum Gasteiger partial charge on any atom is -0.481 e. The van der Waals surface area contributed by atoms with Gasteiger partial charge in [-0.3, -0.25) is 14.4 Å². The third-order valence-electron chi connectivity index (χ3n) is 5.10. The van der Waals surface area contributed by atoms with Crippen molar-refractivity contribution in [3.63, 3.8) is 0 Å². The van der Waals surface area contributed by atoms with Crippen LogP contribution in [0.4, 0.5) is 0 Å². The van der Waals surface area contributed by atoms with E-state index in [1.54, 1.807) is 0 Å². The number of carboxylic acid groups (broad SMARTS) is 2. The van der Waals surface area contributed by atoms with Crippen LogP contribution in [0.3, 0.4) is 0 Å². The summed E-state index contributed by atoms with van der Waals surface area (Å²) in [6.45, 7) is 0.423. The van der Waals surface area contributed by atoms with Gasteiger partial charge in [0.05, 0.1) is 6.04 Å². The minimum absolute atomic E-state index is 0.208. The number of fused-ring (bicyclic) bond motifs is 1. The van der Waals surface area contributed by atoms with Crippen LogP contribution in [0.5, 0.6) is 0 Å². The maximum Gasteiger partial charge on any atom is 0.326 e. The lowest BCUT2D eigenvalue weighted by Crippen LogP contribution is -2.62. The standard InChI is InChI=1S/C16H25N3O6/c17-10-4-1-2-7-16(8-3-9-19(16)13(10)22)15(25)18-11(14(23)24)5-6-12(20)21/h10-11H,1-9,17H2,(H,18,25)(H,20,21)(H,23,24)/t10-,11+,16-/m0/s1. The summed E-state index contributed by atoms with van der Waals surface area (Å²) in [6.07, 6.45) is 3.03. The first-order chi connectivity index (χ1) is 11.8. The van der Waals surface area contributed by atoms with Gasteiger partial charge in [0.15, 0.2) is 0 Å². The van der Waals surface area contributed by atoms with Crippen molar-refractivity contribution in [1.82, 2.24) is 10.2 Å².